The summed E-state index contributed by atoms with van der Waals surface area (Å²) in [6.07, 6.45) is 0.691. The molecule has 0 fully saturated rings. The molecule has 0 aliphatic carbocycles. The molecule has 0 bridgehead atoms. The van der Waals surface area contributed by atoms with E-state index in [1.54, 1.807) is 12.1 Å². The molecule has 1 heterocycles. The van der Waals surface area contributed by atoms with Gasteiger partial charge in [-0.2, -0.15) is 0 Å². The van der Waals surface area contributed by atoms with Gasteiger partial charge >= 0.3 is 0 Å². The van der Waals surface area contributed by atoms with Crippen LogP contribution in [0.1, 0.15) is 22.3 Å². The maximum Gasteiger partial charge on any atom is 0.123 e. The summed E-state index contributed by atoms with van der Waals surface area (Å²) in [4.78, 5) is 5.24. The lowest BCUT2D eigenvalue weighted by Gasteiger charge is -2.18. The van der Waals surface area contributed by atoms with Crippen LogP contribution in [0.5, 0.6) is 0 Å². The third kappa shape index (κ3) is 5.21. The van der Waals surface area contributed by atoms with E-state index in [2.05, 4.69) is 38.1 Å². The van der Waals surface area contributed by atoms with Crippen LogP contribution in [0.15, 0.2) is 97.1 Å². The van der Waals surface area contributed by atoms with Crippen molar-refractivity contribution in [2.45, 2.75) is 20.3 Å². The first-order valence-electron chi connectivity index (χ1n) is 11.8. The quantitative estimate of drug-likeness (QED) is 0.228. The summed E-state index contributed by atoms with van der Waals surface area (Å²) in [5.74, 6) is -0.277. The number of aromatic nitrogens is 1. The van der Waals surface area contributed by atoms with Gasteiger partial charge in [-0.3, -0.25) is 0 Å². The first-order valence-corrected chi connectivity index (χ1v) is 12.5. The summed E-state index contributed by atoms with van der Waals surface area (Å²) >= 11 is 12.3. The molecule has 5 rings (SSSR count). The van der Waals surface area contributed by atoms with E-state index in [-0.39, 0.29) is 5.82 Å². The van der Waals surface area contributed by atoms with Crippen molar-refractivity contribution in [2.24, 2.45) is 0 Å². The number of hydrogen-bond donors (Lipinski definition) is 0. The molecule has 0 saturated heterocycles. The van der Waals surface area contributed by atoms with E-state index in [9.17, 15) is 4.39 Å². The number of benzene rings is 4. The van der Waals surface area contributed by atoms with Crippen LogP contribution in [-0.4, -0.2) is 4.98 Å². The lowest BCUT2D eigenvalue weighted by molar-refractivity contribution is 0.628. The van der Waals surface area contributed by atoms with E-state index >= 15 is 0 Å². The second kappa shape index (κ2) is 10.3. The van der Waals surface area contributed by atoms with Crippen molar-refractivity contribution in [3.8, 4) is 33.6 Å². The van der Waals surface area contributed by atoms with E-state index in [4.69, 9.17) is 28.2 Å². The Kier molecular flexibility index (Phi) is 6.91. The Bertz CT molecular complexity index is 1520. The molecule has 1 aromatic heterocycles. The van der Waals surface area contributed by atoms with Gasteiger partial charge in [-0.1, -0.05) is 59.6 Å². The van der Waals surface area contributed by atoms with E-state index < -0.39 is 0 Å². The Morgan fingerprint density at radius 2 is 1.19 bits per heavy atom. The molecule has 4 aromatic carbocycles. The molecule has 4 heteroatoms. The number of pyridine rings is 1. The lowest BCUT2D eigenvalue weighted by Crippen LogP contribution is -2.01. The number of nitrogens with zero attached hydrogens (tertiary/aromatic N) is 1. The molecule has 178 valence electrons. The Balaban J connectivity index is 1.77. The molecule has 0 atom stereocenters. The van der Waals surface area contributed by atoms with E-state index in [1.165, 1.54) is 23.3 Å². The van der Waals surface area contributed by atoms with Gasteiger partial charge in [0, 0.05) is 26.7 Å². The molecular formula is C32H24Cl2FN. The zero-order chi connectivity index (χ0) is 25.2. The van der Waals surface area contributed by atoms with Gasteiger partial charge in [-0.15, -0.1) is 0 Å². The van der Waals surface area contributed by atoms with E-state index in [0.29, 0.717) is 16.5 Å². The molecule has 0 aliphatic rings. The second-order valence-electron chi connectivity index (χ2n) is 9.01. The predicted octanol–water partition coefficient (Wildman–Crippen LogP) is 9.74. The molecule has 36 heavy (non-hydrogen) atoms. The molecule has 0 unspecified atom stereocenters. The van der Waals surface area contributed by atoms with Crippen LogP contribution in [0.3, 0.4) is 0 Å². The van der Waals surface area contributed by atoms with Gasteiger partial charge in [0.2, 0.25) is 0 Å². The van der Waals surface area contributed by atoms with Gasteiger partial charge in [-0.05, 0) is 109 Å². The molecule has 1 nitrogen and oxygen atoms in total. The molecule has 5 aromatic rings. The first kappa shape index (κ1) is 24.2. The highest BCUT2D eigenvalue weighted by Crippen LogP contribution is 2.37. The highest BCUT2D eigenvalue weighted by atomic mass is 35.5. The highest BCUT2D eigenvalue weighted by molar-refractivity contribution is 6.30. The van der Waals surface area contributed by atoms with Crippen LogP contribution in [0, 0.1) is 19.7 Å². The maximum atomic E-state index is 13.8. The largest absolute Gasteiger partial charge is 0.247 e. The van der Waals surface area contributed by atoms with Crippen molar-refractivity contribution >= 4 is 23.2 Å². The SMILES string of the molecule is Cc1ccc(-c2nc(-c3ccc(F)cc3)c(-c3ccc(Cl)cc3)cc2Cc2ccc(Cl)cc2)cc1C. The standard InChI is InChI=1S/C32H24Cl2FN/c1-20-3-6-25(17-21(20)2)31-26(18-22-4-11-27(33)12-5-22)19-30(23-7-13-28(34)14-8-23)32(36-31)24-9-15-29(35)16-10-24/h3-17,19H,18H2,1-2H3. The van der Waals surface area contributed by atoms with E-state index in [0.717, 1.165) is 44.8 Å². The summed E-state index contributed by atoms with van der Waals surface area (Å²) in [6.45, 7) is 4.22. The van der Waals surface area contributed by atoms with Crippen molar-refractivity contribution in [2.75, 3.05) is 0 Å². The van der Waals surface area contributed by atoms with Crippen LogP contribution >= 0.6 is 23.2 Å². The van der Waals surface area contributed by atoms with Crippen molar-refractivity contribution in [1.29, 1.82) is 0 Å². The third-order valence-corrected chi connectivity index (χ3v) is 6.97. The summed E-state index contributed by atoms with van der Waals surface area (Å²) in [6, 6.07) is 30.8. The molecule has 0 radical (unpaired) electrons. The summed E-state index contributed by atoms with van der Waals surface area (Å²) < 4.78 is 13.8. The highest BCUT2D eigenvalue weighted by Gasteiger charge is 2.17. The Hall–Kier alpha value is -3.46. The summed E-state index contributed by atoms with van der Waals surface area (Å²) in [7, 11) is 0. The molecule has 0 saturated carbocycles. The van der Waals surface area contributed by atoms with Crippen LogP contribution in [0.25, 0.3) is 33.6 Å². The minimum Gasteiger partial charge on any atom is -0.247 e. The Morgan fingerprint density at radius 3 is 1.83 bits per heavy atom. The fourth-order valence-electron chi connectivity index (χ4n) is 4.33. The van der Waals surface area contributed by atoms with Gasteiger partial charge < -0.3 is 0 Å². The van der Waals surface area contributed by atoms with E-state index in [1.807, 2.05) is 48.5 Å². The van der Waals surface area contributed by atoms with Gasteiger partial charge in [0.1, 0.15) is 5.82 Å². The van der Waals surface area contributed by atoms with Crippen molar-refractivity contribution in [3.05, 3.63) is 135 Å². The maximum absolute atomic E-state index is 13.8. The van der Waals surface area contributed by atoms with Crippen molar-refractivity contribution < 1.29 is 4.39 Å². The van der Waals surface area contributed by atoms with Crippen LogP contribution in [0.2, 0.25) is 10.0 Å². The predicted molar refractivity (Wildman–Crippen MR) is 149 cm³/mol. The molecular weight excluding hydrogens is 488 g/mol. The molecule has 0 N–H and O–H groups in total. The Morgan fingerprint density at radius 1 is 0.611 bits per heavy atom. The molecule has 0 spiro atoms. The van der Waals surface area contributed by atoms with Crippen molar-refractivity contribution in [1.82, 2.24) is 4.98 Å². The normalized spacial score (nSPS) is 11.0. The Labute approximate surface area is 221 Å². The van der Waals surface area contributed by atoms with Crippen LogP contribution in [0.4, 0.5) is 4.39 Å². The lowest BCUT2D eigenvalue weighted by atomic mass is 9.91. The number of hydrogen-bond acceptors (Lipinski definition) is 1. The monoisotopic (exact) mass is 511 g/mol. The zero-order valence-corrected chi connectivity index (χ0v) is 21.5. The van der Waals surface area contributed by atoms with Gasteiger partial charge in [-0.25, -0.2) is 9.37 Å². The molecule has 0 aliphatic heterocycles. The van der Waals surface area contributed by atoms with Crippen LogP contribution < -0.4 is 0 Å². The number of rotatable bonds is 5. The minimum atomic E-state index is -0.277. The van der Waals surface area contributed by atoms with Crippen LogP contribution in [-0.2, 0) is 6.42 Å². The zero-order valence-electron chi connectivity index (χ0n) is 20.0. The average Bonchev–Trinajstić information content (AvgIpc) is 2.88. The average molecular weight is 512 g/mol. The third-order valence-electron chi connectivity index (χ3n) is 6.46. The van der Waals surface area contributed by atoms with Gasteiger partial charge in [0.15, 0.2) is 0 Å². The summed E-state index contributed by atoms with van der Waals surface area (Å²) in [5.41, 5.74) is 10.2. The fraction of sp³-hybridized carbons (Fsp3) is 0.0938. The van der Waals surface area contributed by atoms with Crippen molar-refractivity contribution in [3.63, 3.8) is 0 Å². The minimum absolute atomic E-state index is 0.277. The first-order chi connectivity index (χ1) is 17.4. The number of aryl methyl sites for hydroxylation is 2. The van der Waals surface area contributed by atoms with Gasteiger partial charge in [0.25, 0.3) is 0 Å². The molecule has 0 amide bonds. The summed E-state index contributed by atoms with van der Waals surface area (Å²) in [5, 5.41) is 1.38. The fourth-order valence-corrected chi connectivity index (χ4v) is 4.58. The van der Waals surface area contributed by atoms with Gasteiger partial charge in [0.05, 0.1) is 11.4 Å². The second-order valence-corrected chi connectivity index (χ2v) is 9.88. The number of halogens is 3. The smallest absolute Gasteiger partial charge is 0.123 e. The topological polar surface area (TPSA) is 12.9 Å².